The Labute approximate surface area is 223 Å². The first-order valence-electron chi connectivity index (χ1n) is 13.7. The summed E-state index contributed by atoms with van der Waals surface area (Å²) < 4.78 is 0. The molecule has 0 bridgehead atoms. The van der Waals surface area contributed by atoms with E-state index in [1.165, 1.54) is 5.01 Å². The van der Waals surface area contributed by atoms with Crippen LogP contribution < -0.4 is 4.90 Å². The number of unbranched alkanes of at least 4 members (excludes halogenated alkanes) is 3. The Hall–Kier alpha value is -3.75. The van der Waals surface area contributed by atoms with Crippen LogP contribution in [0.4, 0.5) is 5.82 Å². The molecule has 9 nitrogen and oxygen atoms in total. The zero-order chi connectivity index (χ0) is 26.5. The van der Waals surface area contributed by atoms with Gasteiger partial charge in [0.15, 0.2) is 0 Å². The van der Waals surface area contributed by atoms with Gasteiger partial charge in [-0.3, -0.25) is 19.2 Å². The smallest absolute Gasteiger partial charge is 0.273 e. The third-order valence-electron chi connectivity index (χ3n) is 7.67. The first-order valence-corrected chi connectivity index (χ1v) is 13.7. The van der Waals surface area contributed by atoms with E-state index in [9.17, 15) is 19.2 Å². The van der Waals surface area contributed by atoms with Crippen molar-refractivity contribution < 1.29 is 19.2 Å². The third kappa shape index (κ3) is 5.71. The molecule has 38 heavy (non-hydrogen) atoms. The predicted molar refractivity (Wildman–Crippen MR) is 142 cm³/mol. The molecule has 4 amide bonds. The van der Waals surface area contributed by atoms with E-state index in [4.69, 9.17) is 0 Å². The summed E-state index contributed by atoms with van der Waals surface area (Å²) >= 11 is 0. The van der Waals surface area contributed by atoms with Gasteiger partial charge in [-0.15, -0.1) is 0 Å². The number of hydrogen-bond donors (Lipinski definition) is 0. The van der Waals surface area contributed by atoms with E-state index in [1.807, 2.05) is 41.3 Å². The van der Waals surface area contributed by atoms with Gasteiger partial charge in [0.1, 0.15) is 5.82 Å². The summed E-state index contributed by atoms with van der Waals surface area (Å²) in [6.45, 7) is 3.37. The molecule has 0 spiro atoms. The van der Waals surface area contributed by atoms with Crippen molar-refractivity contribution >= 4 is 29.4 Å². The van der Waals surface area contributed by atoms with Crippen molar-refractivity contribution in [1.29, 1.82) is 0 Å². The highest BCUT2D eigenvalue weighted by molar-refractivity contribution is 6.04. The van der Waals surface area contributed by atoms with Crippen LogP contribution >= 0.6 is 0 Å². The molecule has 200 valence electrons. The molecule has 5 rings (SSSR count). The van der Waals surface area contributed by atoms with Crippen LogP contribution in [0.1, 0.15) is 72.9 Å². The maximum Gasteiger partial charge on any atom is 0.273 e. The van der Waals surface area contributed by atoms with Crippen molar-refractivity contribution in [3.05, 3.63) is 59.3 Å². The lowest BCUT2D eigenvalue weighted by Crippen LogP contribution is -2.51. The molecule has 0 radical (unpaired) electrons. The number of hydrogen-bond acceptors (Lipinski definition) is 6. The second-order valence-corrected chi connectivity index (χ2v) is 10.3. The number of piperidine rings is 1. The lowest BCUT2D eigenvalue weighted by molar-refractivity contribution is -0.163. The van der Waals surface area contributed by atoms with Crippen molar-refractivity contribution in [3.8, 4) is 0 Å². The Morgan fingerprint density at radius 1 is 0.868 bits per heavy atom. The number of imide groups is 1. The zero-order valence-electron chi connectivity index (χ0n) is 21.8. The summed E-state index contributed by atoms with van der Waals surface area (Å²) in [5.74, 6) is 0.334. The predicted octanol–water partition coefficient (Wildman–Crippen LogP) is 3.33. The molecule has 9 heteroatoms. The highest BCUT2D eigenvalue weighted by Gasteiger charge is 2.39. The van der Waals surface area contributed by atoms with Crippen LogP contribution in [0, 0.1) is 0 Å². The summed E-state index contributed by atoms with van der Waals surface area (Å²) in [6.07, 6.45) is 8.26. The van der Waals surface area contributed by atoms with Crippen molar-refractivity contribution in [1.82, 2.24) is 19.9 Å². The molecule has 0 N–H and O–H groups in total. The number of rotatable bonds is 9. The second-order valence-electron chi connectivity index (χ2n) is 10.3. The monoisotopic (exact) mass is 517 g/mol. The quantitative estimate of drug-likeness (QED) is 0.374. The van der Waals surface area contributed by atoms with Gasteiger partial charge in [-0.05, 0) is 55.0 Å². The molecule has 1 aromatic heterocycles. The van der Waals surface area contributed by atoms with E-state index >= 15 is 0 Å². The maximum absolute atomic E-state index is 13.0. The van der Waals surface area contributed by atoms with Crippen LogP contribution in [0.15, 0.2) is 42.6 Å². The van der Waals surface area contributed by atoms with E-state index in [0.717, 1.165) is 80.2 Å². The number of aryl methyl sites for hydroxylation is 1. The molecule has 0 atom stereocenters. The SMILES string of the molecule is O=C(CCCCCCc1ccc2c(c1)C(=O)N(N1C(=O)CCCC1=O)C2)N1CCN(c2ccccn2)CC1. The summed E-state index contributed by atoms with van der Waals surface area (Å²) in [5, 5.41) is 2.35. The summed E-state index contributed by atoms with van der Waals surface area (Å²) in [4.78, 5) is 58.7. The van der Waals surface area contributed by atoms with Gasteiger partial charge in [-0.1, -0.05) is 31.0 Å². The largest absolute Gasteiger partial charge is 0.353 e. The Morgan fingerprint density at radius 3 is 2.37 bits per heavy atom. The van der Waals surface area contributed by atoms with Gasteiger partial charge < -0.3 is 9.80 Å². The number of fused-ring (bicyclic) bond motifs is 1. The molecule has 2 aromatic rings. The van der Waals surface area contributed by atoms with E-state index < -0.39 is 0 Å². The molecule has 4 heterocycles. The summed E-state index contributed by atoms with van der Waals surface area (Å²) in [5.41, 5.74) is 2.52. The standard InChI is InChI=1S/C29H35N5O4/c35-26(32-18-16-31(17-19-32)25-9-5-6-15-30-25)10-4-2-1-3-8-22-13-14-23-21-33(29(38)24(23)20-22)34-27(36)11-7-12-28(34)37/h5-6,9,13-15,20H,1-4,7-8,10-12,16-19,21H2. The molecule has 3 aliphatic heterocycles. The highest BCUT2D eigenvalue weighted by atomic mass is 16.2. The van der Waals surface area contributed by atoms with Crippen molar-refractivity contribution in [2.24, 2.45) is 0 Å². The lowest BCUT2D eigenvalue weighted by Gasteiger charge is -2.35. The van der Waals surface area contributed by atoms with Crippen LogP contribution in [-0.4, -0.2) is 69.7 Å². The molecule has 0 unspecified atom stereocenters. The summed E-state index contributed by atoms with van der Waals surface area (Å²) in [7, 11) is 0. The Kier molecular flexibility index (Phi) is 8.00. The van der Waals surface area contributed by atoms with Gasteiger partial charge in [0.2, 0.25) is 17.7 Å². The number of carbonyl (C=O) groups is 4. The van der Waals surface area contributed by atoms with Crippen molar-refractivity contribution in [2.45, 2.75) is 64.3 Å². The molecular weight excluding hydrogens is 482 g/mol. The van der Waals surface area contributed by atoms with Gasteiger partial charge >= 0.3 is 0 Å². The fraction of sp³-hybridized carbons (Fsp3) is 0.483. The number of aromatic nitrogens is 1. The highest BCUT2D eigenvalue weighted by Crippen LogP contribution is 2.28. The normalized spacial score (nSPS) is 17.8. The average Bonchev–Trinajstić information content (AvgIpc) is 3.26. The topological polar surface area (TPSA) is 94.1 Å². The van der Waals surface area contributed by atoms with E-state index in [0.29, 0.717) is 31.2 Å². The van der Waals surface area contributed by atoms with Gasteiger partial charge in [-0.2, -0.15) is 5.01 Å². The Bertz CT molecular complexity index is 1180. The first-order chi connectivity index (χ1) is 18.5. The van der Waals surface area contributed by atoms with Crippen LogP contribution in [-0.2, 0) is 27.3 Å². The van der Waals surface area contributed by atoms with Gasteiger partial charge in [0.25, 0.3) is 5.91 Å². The van der Waals surface area contributed by atoms with E-state index in [-0.39, 0.29) is 30.2 Å². The lowest BCUT2D eigenvalue weighted by atomic mass is 10.0. The minimum Gasteiger partial charge on any atom is -0.353 e. The molecule has 0 saturated carbocycles. The Morgan fingerprint density at radius 2 is 1.63 bits per heavy atom. The van der Waals surface area contributed by atoms with Gasteiger partial charge in [0.05, 0.1) is 6.54 Å². The number of pyridine rings is 1. The fourth-order valence-electron chi connectivity index (χ4n) is 5.50. The minimum absolute atomic E-state index is 0.234. The summed E-state index contributed by atoms with van der Waals surface area (Å²) in [6, 6.07) is 11.8. The van der Waals surface area contributed by atoms with Crippen LogP contribution in [0.5, 0.6) is 0 Å². The third-order valence-corrected chi connectivity index (χ3v) is 7.67. The van der Waals surface area contributed by atoms with Gasteiger partial charge in [0, 0.05) is 57.2 Å². The molecule has 2 fully saturated rings. The number of nitrogens with zero attached hydrogens (tertiary/aromatic N) is 5. The number of piperazine rings is 1. The molecule has 1 aromatic carbocycles. The molecular formula is C29H35N5O4. The average molecular weight is 518 g/mol. The minimum atomic E-state index is -0.298. The van der Waals surface area contributed by atoms with Gasteiger partial charge in [-0.25, -0.2) is 9.99 Å². The zero-order valence-corrected chi connectivity index (χ0v) is 21.8. The van der Waals surface area contributed by atoms with Crippen molar-refractivity contribution in [2.75, 3.05) is 31.1 Å². The second kappa shape index (κ2) is 11.8. The molecule has 3 aliphatic rings. The van der Waals surface area contributed by atoms with E-state index in [2.05, 4.69) is 9.88 Å². The number of hydrazine groups is 1. The maximum atomic E-state index is 13.0. The van der Waals surface area contributed by atoms with E-state index in [1.54, 1.807) is 6.20 Å². The molecule has 0 aliphatic carbocycles. The van der Waals surface area contributed by atoms with Crippen LogP contribution in [0.3, 0.4) is 0 Å². The van der Waals surface area contributed by atoms with Crippen molar-refractivity contribution in [3.63, 3.8) is 0 Å². The Balaban J connectivity index is 1.01. The van der Waals surface area contributed by atoms with Crippen LogP contribution in [0.2, 0.25) is 0 Å². The number of carbonyl (C=O) groups excluding carboxylic acids is 4. The number of anilines is 1. The first kappa shape index (κ1) is 25.9. The number of amides is 4. The number of benzene rings is 1. The fourth-order valence-corrected chi connectivity index (χ4v) is 5.50. The van der Waals surface area contributed by atoms with Crippen LogP contribution in [0.25, 0.3) is 0 Å². The molecule has 2 saturated heterocycles.